The molecule has 1 N–H and O–H groups in total. The molecule has 1 atom stereocenters. The monoisotopic (exact) mass is 435 g/mol. The van der Waals surface area contributed by atoms with Crippen molar-refractivity contribution in [2.24, 2.45) is 17.8 Å². The van der Waals surface area contributed by atoms with E-state index < -0.39 is 6.10 Å². The predicted octanol–water partition coefficient (Wildman–Crippen LogP) is 5.21. The summed E-state index contributed by atoms with van der Waals surface area (Å²) in [5.41, 5.74) is 2.59. The van der Waals surface area contributed by atoms with Gasteiger partial charge in [0.2, 0.25) is 0 Å². The Morgan fingerprint density at radius 2 is 1.69 bits per heavy atom. The topological polar surface area (TPSA) is 41.9 Å². The molecule has 0 amide bonds. The smallest absolute Gasteiger partial charge is 0.122 e. The lowest BCUT2D eigenvalue weighted by atomic mass is 9.52. The Morgan fingerprint density at radius 1 is 1.00 bits per heavy atom. The maximum absolute atomic E-state index is 11.1. The number of aliphatic hydroxyl groups is 1. The summed E-state index contributed by atoms with van der Waals surface area (Å²) >= 11 is 0. The second-order valence-electron chi connectivity index (χ2n) is 10.6. The van der Waals surface area contributed by atoms with Crippen molar-refractivity contribution in [1.82, 2.24) is 4.90 Å². The van der Waals surface area contributed by atoms with Crippen molar-refractivity contribution >= 4 is 0 Å². The minimum atomic E-state index is -0.520. The van der Waals surface area contributed by atoms with Gasteiger partial charge >= 0.3 is 0 Å². The van der Waals surface area contributed by atoms with Gasteiger partial charge in [-0.3, -0.25) is 4.90 Å². The van der Waals surface area contributed by atoms with Gasteiger partial charge in [0, 0.05) is 18.6 Å². The molecular weight excluding hydrogens is 398 g/mol. The molecule has 32 heavy (non-hydrogen) atoms. The van der Waals surface area contributed by atoms with Gasteiger partial charge < -0.3 is 14.6 Å². The van der Waals surface area contributed by atoms with Crippen LogP contribution < -0.4 is 9.47 Å². The average Bonchev–Trinajstić information content (AvgIpc) is 2.77. The molecule has 4 bridgehead atoms. The molecule has 172 valence electrons. The van der Waals surface area contributed by atoms with Crippen molar-refractivity contribution in [3.8, 4) is 11.5 Å². The van der Waals surface area contributed by atoms with E-state index in [9.17, 15) is 5.11 Å². The van der Waals surface area contributed by atoms with Gasteiger partial charge in [0.25, 0.3) is 0 Å². The van der Waals surface area contributed by atoms with Crippen LogP contribution in [0, 0.1) is 24.7 Å². The number of rotatable bonds is 9. The third-order valence-electron chi connectivity index (χ3n) is 8.14. The van der Waals surface area contributed by atoms with Crippen LogP contribution in [0.1, 0.15) is 49.7 Å². The van der Waals surface area contributed by atoms with Gasteiger partial charge in [0.05, 0.1) is 7.11 Å². The fraction of sp³-hybridized carbons (Fsp3) is 0.571. The zero-order chi connectivity index (χ0) is 22.1. The molecule has 6 rings (SSSR count). The lowest BCUT2D eigenvalue weighted by molar-refractivity contribution is -0.105. The van der Waals surface area contributed by atoms with Crippen LogP contribution in [-0.4, -0.2) is 41.9 Å². The van der Waals surface area contributed by atoms with Gasteiger partial charge in [0.1, 0.15) is 24.2 Å². The molecule has 2 aromatic carbocycles. The summed E-state index contributed by atoms with van der Waals surface area (Å²) in [6, 6.07) is 16.4. The number of hydrogen-bond acceptors (Lipinski definition) is 4. The van der Waals surface area contributed by atoms with Crippen LogP contribution in [0.5, 0.6) is 11.5 Å². The molecule has 0 spiro atoms. The maximum Gasteiger partial charge on any atom is 0.122 e. The molecule has 0 saturated heterocycles. The van der Waals surface area contributed by atoms with E-state index in [0.717, 1.165) is 41.4 Å². The van der Waals surface area contributed by atoms with Crippen molar-refractivity contribution in [1.29, 1.82) is 0 Å². The highest BCUT2D eigenvalue weighted by Gasteiger charge is 2.53. The number of methoxy groups -OCH3 is 1. The van der Waals surface area contributed by atoms with Crippen molar-refractivity contribution in [3.05, 3.63) is 59.7 Å². The number of aliphatic hydroxyl groups excluding tert-OH is 1. The number of hydrogen-bond donors (Lipinski definition) is 1. The fourth-order valence-corrected chi connectivity index (χ4v) is 7.08. The maximum atomic E-state index is 11.1. The van der Waals surface area contributed by atoms with Crippen LogP contribution in [0.25, 0.3) is 0 Å². The van der Waals surface area contributed by atoms with Crippen LogP contribution in [-0.2, 0) is 6.54 Å². The molecule has 2 aromatic rings. The van der Waals surface area contributed by atoms with Crippen LogP contribution in [0.2, 0.25) is 0 Å². The summed E-state index contributed by atoms with van der Waals surface area (Å²) in [6.07, 6.45) is 7.60. The molecule has 0 aromatic heterocycles. The van der Waals surface area contributed by atoms with Gasteiger partial charge in [-0.1, -0.05) is 30.3 Å². The Hall–Kier alpha value is -2.04. The van der Waals surface area contributed by atoms with Crippen molar-refractivity contribution in [2.75, 3.05) is 20.3 Å². The van der Waals surface area contributed by atoms with Crippen molar-refractivity contribution in [3.63, 3.8) is 0 Å². The highest BCUT2D eigenvalue weighted by atomic mass is 16.5. The number of aryl methyl sites for hydroxylation is 1. The lowest BCUT2D eigenvalue weighted by Crippen LogP contribution is -2.61. The highest BCUT2D eigenvalue weighted by molar-refractivity contribution is 5.32. The molecular formula is C28H37NO3. The van der Waals surface area contributed by atoms with E-state index >= 15 is 0 Å². The summed E-state index contributed by atoms with van der Waals surface area (Å²) in [5, 5.41) is 11.1. The van der Waals surface area contributed by atoms with Gasteiger partial charge in [-0.2, -0.15) is 0 Å². The predicted molar refractivity (Wildman–Crippen MR) is 127 cm³/mol. The number of nitrogens with zero attached hydrogens (tertiary/aromatic N) is 1. The Balaban J connectivity index is 1.34. The average molecular weight is 436 g/mol. The van der Waals surface area contributed by atoms with E-state index in [1.165, 1.54) is 44.1 Å². The molecule has 4 nitrogen and oxygen atoms in total. The minimum Gasteiger partial charge on any atom is -0.497 e. The van der Waals surface area contributed by atoms with Gasteiger partial charge in [-0.15, -0.1) is 0 Å². The summed E-state index contributed by atoms with van der Waals surface area (Å²) in [7, 11) is 1.72. The first-order valence-corrected chi connectivity index (χ1v) is 12.3. The quantitative estimate of drug-likeness (QED) is 0.587. The fourth-order valence-electron chi connectivity index (χ4n) is 7.08. The Morgan fingerprint density at radius 3 is 2.34 bits per heavy atom. The molecule has 1 unspecified atom stereocenters. The van der Waals surface area contributed by atoms with Crippen molar-refractivity contribution in [2.45, 2.75) is 63.6 Å². The van der Waals surface area contributed by atoms with Gasteiger partial charge in [0.15, 0.2) is 0 Å². The van der Waals surface area contributed by atoms with Crippen LogP contribution in [0.15, 0.2) is 48.5 Å². The molecule has 4 heteroatoms. The normalized spacial score (nSPS) is 29.3. The number of para-hydroxylation sites is 1. The summed E-state index contributed by atoms with van der Waals surface area (Å²) < 4.78 is 11.5. The molecule has 4 saturated carbocycles. The summed E-state index contributed by atoms with van der Waals surface area (Å²) in [5.74, 6) is 4.37. The van der Waals surface area contributed by atoms with Crippen LogP contribution >= 0.6 is 0 Å². The second-order valence-corrected chi connectivity index (χ2v) is 10.6. The standard InChI is InChI=1S/C28H37NO3/c1-20-6-3-4-9-27(20)32-19-25(30)18-29(17-21-7-5-8-26(13-21)31-2)28-14-22-10-23(15-28)12-24(11-22)16-28/h3-9,13,22-25,30H,10-12,14-19H2,1-2H3. The van der Waals surface area contributed by atoms with E-state index in [0.29, 0.717) is 13.2 Å². The highest BCUT2D eigenvalue weighted by Crippen LogP contribution is 2.58. The first kappa shape index (κ1) is 21.8. The number of β-amino-alcohol motifs (C(OH)–C–C–N with tert-alkyl or cyclic N) is 1. The van der Waals surface area contributed by atoms with Crippen molar-refractivity contribution < 1.29 is 14.6 Å². The number of benzene rings is 2. The molecule has 4 aliphatic rings. The number of ether oxygens (including phenoxy) is 2. The third kappa shape index (κ3) is 4.53. The van der Waals surface area contributed by atoms with Gasteiger partial charge in [-0.05, 0) is 92.5 Å². The van der Waals surface area contributed by atoms with Crippen LogP contribution in [0.3, 0.4) is 0 Å². The molecule has 4 fully saturated rings. The van der Waals surface area contributed by atoms with E-state index in [-0.39, 0.29) is 5.54 Å². The van der Waals surface area contributed by atoms with Gasteiger partial charge in [-0.25, -0.2) is 0 Å². The zero-order valence-electron chi connectivity index (χ0n) is 19.5. The largest absolute Gasteiger partial charge is 0.497 e. The van der Waals surface area contributed by atoms with E-state index in [1.54, 1.807) is 7.11 Å². The Bertz CT molecular complexity index is 891. The lowest BCUT2D eigenvalue weighted by Gasteiger charge is -2.61. The molecule has 0 heterocycles. The molecule has 0 aliphatic heterocycles. The Labute approximate surface area is 192 Å². The molecule has 0 radical (unpaired) electrons. The zero-order valence-corrected chi connectivity index (χ0v) is 19.5. The van der Waals surface area contributed by atoms with E-state index in [1.807, 2.05) is 37.3 Å². The molecule has 4 aliphatic carbocycles. The Kier molecular flexibility index (Phi) is 6.18. The SMILES string of the molecule is COc1cccc(CN(CC(O)COc2ccccc2C)C23CC4CC(CC(C4)C2)C3)c1. The minimum absolute atomic E-state index is 0.224. The van der Waals surface area contributed by atoms with E-state index in [2.05, 4.69) is 23.1 Å². The summed E-state index contributed by atoms with van der Waals surface area (Å²) in [4.78, 5) is 2.61. The third-order valence-corrected chi connectivity index (χ3v) is 8.14. The van der Waals surface area contributed by atoms with Crippen LogP contribution in [0.4, 0.5) is 0 Å². The first-order chi connectivity index (χ1) is 15.5. The van der Waals surface area contributed by atoms with E-state index in [4.69, 9.17) is 9.47 Å². The first-order valence-electron chi connectivity index (χ1n) is 12.3. The summed E-state index contributed by atoms with van der Waals surface area (Å²) in [6.45, 7) is 3.87. The second kappa shape index (κ2) is 9.07.